The van der Waals surface area contributed by atoms with Gasteiger partial charge in [-0.25, -0.2) is 8.42 Å². The molecule has 112 valence electrons. The van der Waals surface area contributed by atoms with E-state index in [0.29, 0.717) is 10.8 Å². The highest BCUT2D eigenvalue weighted by Gasteiger charge is 2.31. The molecule has 0 bridgehead atoms. The van der Waals surface area contributed by atoms with E-state index in [1.165, 1.54) is 4.31 Å². The van der Waals surface area contributed by atoms with Gasteiger partial charge in [0.2, 0.25) is 10.0 Å². The molecule has 20 heavy (non-hydrogen) atoms. The van der Waals surface area contributed by atoms with Gasteiger partial charge in [-0.15, -0.1) is 11.6 Å². The highest BCUT2D eigenvalue weighted by molar-refractivity contribution is 9.10. The van der Waals surface area contributed by atoms with Gasteiger partial charge in [-0.3, -0.25) is 0 Å². The van der Waals surface area contributed by atoms with Crippen LogP contribution < -0.4 is 0 Å². The Morgan fingerprint density at radius 3 is 2.75 bits per heavy atom. The first kappa shape index (κ1) is 16.6. The third kappa shape index (κ3) is 3.19. The van der Waals surface area contributed by atoms with Gasteiger partial charge in [0, 0.05) is 29.2 Å². The molecule has 1 aromatic carbocycles. The minimum atomic E-state index is -3.48. The summed E-state index contributed by atoms with van der Waals surface area (Å²) in [4.78, 5) is 0.349. The lowest BCUT2D eigenvalue weighted by Gasteiger charge is -2.24. The Hall–Kier alpha value is 0.250. The van der Waals surface area contributed by atoms with Crippen LogP contribution in [0, 0.1) is 6.92 Å². The van der Waals surface area contributed by atoms with Gasteiger partial charge in [-0.1, -0.05) is 15.9 Å². The third-order valence-electron chi connectivity index (χ3n) is 3.59. The topological polar surface area (TPSA) is 37.4 Å². The Morgan fingerprint density at radius 1 is 1.50 bits per heavy atom. The van der Waals surface area contributed by atoms with Gasteiger partial charge >= 0.3 is 0 Å². The SMILES string of the molecule is Cc1c(Br)cc(CCl)cc1S(=O)(=O)N(C)C1CCSC1. The maximum atomic E-state index is 12.8. The summed E-state index contributed by atoms with van der Waals surface area (Å²) in [6.07, 6.45) is 0.913. The van der Waals surface area contributed by atoms with E-state index in [1.54, 1.807) is 24.9 Å². The van der Waals surface area contributed by atoms with Crippen molar-refractivity contribution in [1.82, 2.24) is 4.31 Å². The first-order valence-corrected chi connectivity index (χ1v) is 10.2. The Labute approximate surface area is 138 Å². The molecule has 0 spiro atoms. The van der Waals surface area contributed by atoms with E-state index in [-0.39, 0.29) is 6.04 Å². The average molecular weight is 399 g/mol. The molecule has 1 heterocycles. The Morgan fingerprint density at radius 2 is 2.20 bits per heavy atom. The number of rotatable bonds is 4. The fraction of sp³-hybridized carbons (Fsp3) is 0.538. The molecule has 0 aromatic heterocycles. The van der Waals surface area contributed by atoms with Crippen molar-refractivity contribution in [2.75, 3.05) is 18.6 Å². The number of hydrogen-bond acceptors (Lipinski definition) is 3. The molecule has 0 amide bonds. The van der Waals surface area contributed by atoms with E-state index in [1.807, 2.05) is 13.0 Å². The first-order chi connectivity index (χ1) is 9.37. The van der Waals surface area contributed by atoms with E-state index in [4.69, 9.17) is 11.6 Å². The highest BCUT2D eigenvalue weighted by atomic mass is 79.9. The molecule has 1 atom stereocenters. The standard InChI is InChI=1S/C13H17BrClNO2S2/c1-9-12(14)5-10(7-15)6-13(9)20(17,18)16(2)11-3-4-19-8-11/h5-6,11H,3-4,7-8H2,1-2H3. The molecule has 1 fully saturated rings. The summed E-state index contributed by atoms with van der Waals surface area (Å²) < 4.78 is 27.9. The Bertz CT molecular complexity index is 601. The van der Waals surface area contributed by atoms with Gasteiger partial charge in [-0.05, 0) is 42.4 Å². The van der Waals surface area contributed by atoms with Crippen LogP contribution in [-0.2, 0) is 15.9 Å². The molecule has 1 aliphatic rings. The minimum Gasteiger partial charge on any atom is -0.207 e. The first-order valence-electron chi connectivity index (χ1n) is 6.28. The number of alkyl halides is 1. The average Bonchev–Trinajstić information content (AvgIpc) is 2.94. The second kappa shape index (κ2) is 6.57. The highest BCUT2D eigenvalue weighted by Crippen LogP contribution is 2.31. The molecule has 7 heteroatoms. The van der Waals surface area contributed by atoms with E-state index < -0.39 is 10.0 Å². The van der Waals surface area contributed by atoms with Crippen LogP contribution in [0.3, 0.4) is 0 Å². The van der Waals surface area contributed by atoms with E-state index in [2.05, 4.69) is 15.9 Å². The normalized spacial score (nSPS) is 19.8. The number of thioether (sulfide) groups is 1. The van der Waals surface area contributed by atoms with Crippen molar-refractivity contribution >= 4 is 49.3 Å². The van der Waals surface area contributed by atoms with Crippen molar-refractivity contribution in [2.45, 2.75) is 30.2 Å². The lowest BCUT2D eigenvalue weighted by atomic mass is 10.2. The van der Waals surface area contributed by atoms with Gasteiger partial charge in [0.1, 0.15) is 0 Å². The summed E-state index contributed by atoms with van der Waals surface area (Å²) in [5, 5.41) is 0. The zero-order valence-electron chi connectivity index (χ0n) is 11.4. The second-order valence-electron chi connectivity index (χ2n) is 4.87. The molecule has 1 unspecified atom stereocenters. The van der Waals surface area contributed by atoms with Crippen LogP contribution in [0.5, 0.6) is 0 Å². The molecule has 0 aliphatic carbocycles. The van der Waals surface area contributed by atoms with Crippen LogP contribution in [0.4, 0.5) is 0 Å². The van der Waals surface area contributed by atoms with Crippen LogP contribution in [0.25, 0.3) is 0 Å². The number of halogens is 2. The molecule has 2 rings (SSSR count). The van der Waals surface area contributed by atoms with Crippen molar-refractivity contribution in [3.05, 3.63) is 27.7 Å². The molecule has 0 N–H and O–H groups in total. The Kier molecular flexibility index (Phi) is 5.46. The fourth-order valence-corrected chi connectivity index (χ4v) is 6.05. The molecular weight excluding hydrogens is 382 g/mol. The molecule has 3 nitrogen and oxygen atoms in total. The van der Waals surface area contributed by atoms with E-state index in [9.17, 15) is 8.42 Å². The zero-order chi connectivity index (χ0) is 14.9. The van der Waals surface area contributed by atoms with Crippen molar-refractivity contribution in [3.8, 4) is 0 Å². The maximum Gasteiger partial charge on any atom is 0.243 e. The molecule has 0 saturated carbocycles. The largest absolute Gasteiger partial charge is 0.243 e. The lowest BCUT2D eigenvalue weighted by molar-refractivity contribution is 0.394. The predicted octanol–water partition coefficient (Wildman–Crippen LogP) is 3.62. The number of hydrogen-bond donors (Lipinski definition) is 0. The summed E-state index contributed by atoms with van der Waals surface area (Å²) in [6.45, 7) is 1.81. The summed E-state index contributed by atoms with van der Waals surface area (Å²) in [5.41, 5.74) is 1.54. The summed E-state index contributed by atoms with van der Waals surface area (Å²) in [6, 6.07) is 3.64. The Balaban J connectivity index is 2.45. The predicted molar refractivity (Wildman–Crippen MR) is 89.1 cm³/mol. The van der Waals surface area contributed by atoms with Gasteiger partial charge in [-0.2, -0.15) is 16.1 Å². The molecule has 1 saturated heterocycles. The van der Waals surface area contributed by atoms with Gasteiger partial charge in [0.05, 0.1) is 4.90 Å². The van der Waals surface area contributed by atoms with Crippen LogP contribution in [0.1, 0.15) is 17.5 Å². The molecule has 1 aromatic rings. The van der Waals surface area contributed by atoms with Crippen LogP contribution in [0.15, 0.2) is 21.5 Å². The fourth-order valence-electron chi connectivity index (χ4n) is 2.21. The summed E-state index contributed by atoms with van der Waals surface area (Å²) in [5.74, 6) is 2.18. The van der Waals surface area contributed by atoms with Gasteiger partial charge in [0.25, 0.3) is 0 Å². The zero-order valence-corrected chi connectivity index (χ0v) is 15.4. The smallest absolute Gasteiger partial charge is 0.207 e. The monoisotopic (exact) mass is 397 g/mol. The number of sulfonamides is 1. The van der Waals surface area contributed by atoms with E-state index >= 15 is 0 Å². The molecule has 1 aliphatic heterocycles. The van der Waals surface area contributed by atoms with Crippen molar-refractivity contribution in [2.24, 2.45) is 0 Å². The summed E-state index contributed by atoms with van der Waals surface area (Å²) >= 11 is 11.1. The van der Waals surface area contributed by atoms with E-state index in [0.717, 1.165) is 33.5 Å². The van der Waals surface area contributed by atoms with Crippen LogP contribution in [-0.4, -0.2) is 37.3 Å². The van der Waals surface area contributed by atoms with Crippen molar-refractivity contribution < 1.29 is 8.42 Å². The van der Waals surface area contributed by atoms with Crippen molar-refractivity contribution in [3.63, 3.8) is 0 Å². The van der Waals surface area contributed by atoms with Crippen LogP contribution in [0.2, 0.25) is 0 Å². The second-order valence-corrected chi connectivity index (χ2v) is 9.11. The third-order valence-corrected chi connectivity index (χ3v) is 7.90. The van der Waals surface area contributed by atoms with Gasteiger partial charge < -0.3 is 0 Å². The summed E-state index contributed by atoms with van der Waals surface area (Å²) in [7, 11) is -1.80. The molecule has 0 radical (unpaired) electrons. The number of nitrogens with zero attached hydrogens (tertiary/aromatic N) is 1. The van der Waals surface area contributed by atoms with Gasteiger partial charge in [0.15, 0.2) is 0 Å². The minimum absolute atomic E-state index is 0.0860. The maximum absolute atomic E-state index is 12.8. The quantitative estimate of drug-likeness (QED) is 0.727. The molecular formula is C13H17BrClNO2S2. The van der Waals surface area contributed by atoms with Crippen LogP contribution >= 0.6 is 39.3 Å². The van der Waals surface area contributed by atoms with Crippen molar-refractivity contribution in [1.29, 1.82) is 0 Å². The lowest BCUT2D eigenvalue weighted by Crippen LogP contribution is -2.37. The number of benzene rings is 1.